The number of nitrogens with zero attached hydrogens (tertiary/aromatic N) is 5. The van der Waals surface area contributed by atoms with Crippen molar-refractivity contribution in [2.24, 2.45) is 0 Å². The molecule has 0 aliphatic rings. The maximum Gasteiger partial charge on any atom is 0.119 e. The Kier molecular flexibility index (Phi) is 15.5. The van der Waals surface area contributed by atoms with E-state index < -0.39 is 5.54 Å². The molecule has 0 spiro atoms. The van der Waals surface area contributed by atoms with Gasteiger partial charge in [-0.1, -0.05) is 5.21 Å². The number of rotatable bonds is 19. The molecule has 9 rings (SSSR count). The summed E-state index contributed by atoms with van der Waals surface area (Å²) in [5.74, 6) is 4.48. The monoisotopic (exact) mass is 1010 g/mol. The summed E-state index contributed by atoms with van der Waals surface area (Å²) in [5.41, 5.74) is 10.2. The molecule has 0 aliphatic heterocycles. The lowest BCUT2D eigenvalue weighted by Crippen LogP contribution is -2.37. The molecule has 0 N–H and O–H groups in total. The number of anilines is 13. The second kappa shape index (κ2) is 22.9. The number of benzene rings is 9. The van der Waals surface area contributed by atoms with Crippen LogP contribution in [0.15, 0.2) is 212 Å². The number of hydroxylamine groups is 1. The number of hydrogen-bond acceptors (Lipinski definition) is 11. The number of hydrogen-bond donors (Lipinski definition) is 0. The second-order valence-electron chi connectivity index (χ2n) is 18.7. The fraction of sp³-hybridized carbons (Fsp3) is 0.156. The van der Waals surface area contributed by atoms with E-state index in [0.29, 0.717) is 17.2 Å². The van der Waals surface area contributed by atoms with E-state index in [0.717, 1.165) is 96.3 Å². The van der Waals surface area contributed by atoms with Crippen LogP contribution in [0.1, 0.15) is 20.8 Å². The van der Waals surface area contributed by atoms with Crippen molar-refractivity contribution in [3.63, 3.8) is 0 Å². The molecule has 9 aromatic carbocycles. The topological polar surface area (TPSA) is 91.5 Å². The first-order valence-corrected chi connectivity index (χ1v) is 24.8. The zero-order chi connectivity index (χ0) is 53.3. The van der Waals surface area contributed by atoms with E-state index in [1.165, 1.54) is 0 Å². The van der Waals surface area contributed by atoms with Crippen LogP contribution >= 0.6 is 0 Å². The highest BCUT2D eigenvalue weighted by atomic mass is 16.5. The molecule has 9 aromatic rings. The van der Waals surface area contributed by atoms with Crippen molar-refractivity contribution in [1.29, 1.82) is 0 Å². The largest absolute Gasteiger partial charge is 0.497 e. The van der Waals surface area contributed by atoms with Crippen molar-refractivity contribution in [3.05, 3.63) is 212 Å². The maximum absolute atomic E-state index is 14.7. The Morgan fingerprint density at radius 3 is 0.539 bits per heavy atom. The maximum atomic E-state index is 14.7. The van der Waals surface area contributed by atoms with Crippen molar-refractivity contribution in [2.45, 2.75) is 26.3 Å². The first-order chi connectivity index (χ1) is 36.9. The summed E-state index contributed by atoms with van der Waals surface area (Å²) in [7, 11) is 9.97. The van der Waals surface area contributed by atoms with Crippen molar-refractivity contribution >= 4 is 73.9 Å². The molecule has 0 aliphatic carbocycles. The molecule has 0 atom stereocenters. The standard InChI is InChI=1S/C64H62N5O7/c1-64(2,3)69(70)57-43-55(67(53-26-38-62(75-8)39-27-53)47-14-10-45(11-15-47)65(49-18-30-58(71-4)31-19-49)50-20-32-59(72-5)33-21-50)42-56(44-57)68(54-28-40-63(76-9)41-29-54)48-16-12-46(13-17-48)66(51-22-34-60(73-6)35-23-51)52-24-36-61(74-7)37-25-52/h10-44H,1-9H3. The fourth-order valence-electron chi connectivity index (χ4n) is 9.02. The Morgan fingerprint density at radius 1 is 0.237 bits per heavy atom. The molecular weight excluding hydrogens is 951 g/mol. The van der Waals surface area contributed by atoms with Gasteiger partial charge in [0.2, 0.25) is 0 Å². The summed E-state index contributed by atoms with van der Waals surface area (Å²) in [6.07, 6.45) is 0. The van der Waals surface area contributed by atoms with E-state index in [2.05, 4.69) is 74.2 Å². The summed E-state index contributed by atoms with van der Waals surface area (Å²) in [6, 6.07) is 70.7. The van der Waals surface area contributed by atoms with E-state index >= 15 is 0 Å². The molecule has 0 bridgehead atoms. The van der Waals surface area contributed by atoms with Crippen LogP contribution in [-0.2, 0) is 5.21 Å². The summed E-state index contributed by atoms with van der Waals surface area (Å²) < 4.78 is 33.4. The van der Waals surface area contributed by atoms with Crippen LogP contribution in [-0.4, -0.2) is 48.2 Å². The van der Waals surface area contributed by atoms with Gasteiger partial charge in [0.05, 0.1) is 65.3 Å². The van der Waals surface area contributed by atoms with Gasteiger partial charge in [-0.25, -0.2) is 5.06 Å². The molecule has 0 amide bonds. The Balaban J connectivity index is 1.20. The van der Waals surface area contributed by atoms with Gasteiger partial charge in [0.1, 0.15) is 34.5 Å². The van der Waals surface area contributed by atoms with Gasteiger partial charge in [-0.05, 0) is 233 Å². The summed E-state index contributed by atoms with van der Waals surface area (Å²) in [5, 5.41) is 15.7. The normalized spacial score (nSPS) is 11.0. The zero-order valence-corrected chi connectivity index (χ0v) is 44.3. The highest BCUT2D eigenvalue weighted by Crippen LogP contribution is 2.46. The van der Waals surface area contributed by atoms with Crippen LogP contribution in [0, 0.1) is 0 Å². The van der Waals surface area contributed by atoms with E-state index in [1.54, 1.807) is 42.7 Å². The Labute approximate surface area is 446 Å². The fourth-order valence-corrected chi connectivity index (χ4v) is 9.02. The minimum absolute atomic E-state index is 0.473. The molecule has 0 fully saturated rings. The minimum Gasteiger partial charge on any atom is -0.497 e. The van der Waals surface area contributed by atoms with Crippen molar-refractivity contribution < 1.29 is 33.6 Å². The van der Waals surface area contributed by atoms with Gasteiger partial charge in [-0.15, -0.1) is 0 Å². The molecule has 0 aromatic heterocycles. The van der Waals surface area contributed by atoms with Gasteiger partial charge < -0.3 is 48.0 Å². The molecule has 1 radical (unpaired) electrons. The van der Waals surface area contributed by atoms with Crippen LogP contribution in [0.5, 0.6) is 34.5 Å². The van der Waals surface area contributed by atoms with Crippen LogP contribution in [0.4, 0.5) is 73.9 Å². The Morgan fingerprint density at radius 2 is 0.382 bits per heavy atom. The Bertz CT molecular complexity index is 2990. The SMILES string of the molecule is COc1ccc(N(c2ccc(OC)cc2)c2ccc(N(c3ccc(OC)cc3)c3cc(N(c4ccc(OC)cc4)c4ccc(N(c5ccc(OC)cc5)c5ccc(OC)cc5)cc4)cc(N([O])C(C)(C)C)c3)cc2)cc1. The van der Waals surface area contributed by atoms with Crippen molar-refractivity contribution in [3.8, 4) is 34.5 Å². The average Bonchev–Trinajstić information content (AvgIpc) is 3.49. The number of methoxy groups -OCH3 is 6. The van der Waals surface area contributed by atoms with Crippen LogP contribution in [0.2, 0.25) is 0 Å². The van der Waals surface area contributed by atoms with Crippen molar-refractivity contribution in [1.82, 2.24) is 0 Å². The molecule has 385 valence electrons. The Hall–Kier alpha value is -9.26. The lowest BCUT2D eigenvalue weighted by molar-refractivity contribution is 0.102. The van der Waals surface area contributed by atoms with E-state index in [1.807, 2.05) is 178 Å². The van der Waals surface area contributed by atoms with E-state index in [4.69, 9.17) is 28.4 Å². The third kappa shape index (κ3) is 11.3. The van der Waals surface area contributed by atoms with E-state index in [9.17, 15) is 5.21 Å². The van der Waals surface area contributed by atoms with Crippen LogP contribution < -0.4 is 53.1 Å². The number of ether oxygens (including phenoxy) is 6. The zero-order valence-electron chi connectivity index (χ0n) is 44.3. The lowest BCUT2D eigenvalue weighted by Gasteiger charge is -2.34. The first-order valence-electron chi connectivity index (χ1n) is 24.8. The molecule has 12 heteroatoms. The highest BCUT2D eigenvalue weighted by Gasteiger charge is 2.27. The summed E-state index contributed by atoms with van der Waals surface area (Å²) >= 11 is 0. The first kappa shape index (κ1) is 51.6. The van der Waals surface area contributed by atoms with Crippen LogP contribution in [0.3, 0.4) is 0 Å². The predicted octanol–water partition coefficient (Wildman–Crippen LogP) is 16.6. The van der Waals surface area contributed by atoms with Crippen LogP contribution in [0.25, 0.3) is 0 Å². The lowest BCUT2D eigenvalue weighted by atomic mass is 10.1. The summed E-state index contributed by atoms with van der Waals surface area (Å²) in [4.78, 5) is 8.69. The van der Waals surface area contributed by atoms with Gasteiger partial charge in [0.25, 0.3) is 0 Å². The molecule has 0 saturated carbocycles. The molecular formula is C64H62N5O7. The predicted molar refractivity (Wildman–Crippen MR) is 307 cm³/mol. The summed E-state index contributed by atoms with van der Waals surface area (Å²) in [6.45, 7) is 5.75. The smallest absolute Gasteiger partial charge is 0.119 e. The molecule has 0 heterocycles. The highest BCUT2D eigenvalue weighted by molar-refractivity contribution is 5.88. The van der Waals surface area contributed by atoms with Gasteiger partial charge in [-0.2, -0.15) is 0 Å². The molecule has 0 saturated heterocycles. The minimum atomic E-state index is -0.784. The van der Waals surface area contributed by atoms with Gasteiger partial charge in [-0.3, -0.25) is 0 Å². The van der Waals surface area contributed by atoms with E-state index in [-0.39, 0.29) is 0 Å². The third-order valence-corrected chi connectivity index (χ3v) is 13.0. The van der Waals surface area contributed by atoms with Crippen molar-refractivity contribution in [2.75, 3.05) is 67.3 Å². The van der Waals surface area contributed by atoms with Gasteiger partial charge in [0.15, 0.2) is 0 Å². The molecule has 12 nitrogen and oxygen atoms in total. The van der Waals surface area contributed by atoms with Gasteiger partial charge in [0, 0.05) is 56.9 Å². The second-order valence-corrected chi connectivity index (χ2v) is 18.7. The van der Waals surface area contributed by atoms with Gasteiger partial charge >= 0.3 is 0 Å². The average molecular weight is 1010 g/mol. The quantitative estimate of drug-likeness (QED) is 0.0725. The molecule has 76 heavy (non-hydrogen) atoms. The third-order valence-electron chi connectivity index (χ3n) is 13.0. The molecule has 0 unspecified atom stereocenters.